The Labute approximate surface area is 194 Å². The molecule has 0 atom stereocenters. The summed E-state index contributed by atoms with van der Waals surface area (Å²) in [5.41, 5.74) is -1.95. The van der Waals surface area contributed by atoms with Gasteiger partial charge in [0.15, 0.2) is 0 Å². The second-order valence-electron chi connectivity index (χ2n) is 7.54. The Kier molecular flexibility index (Phi) is 6.07. The number of piperazine rings is 1. The average Bonchev–Trinajstić information content (AvgIpc) is 3.37. The van der Waals surface area contributed by atoms with Crippen LogP contribution in [0.15, 0.2) is 49.1 Å². The molecule has 1 aromatic heterocycles. The molecule has 4 rings (SSSR count). The molecule has 0 radical (unpaired) electrons. The van der Waals surface area contributed by atoms with Gasteiger partial charge >= 0.3 is 6.18 Å². The highest BCUT2D eigenvalue weighted by Crippen LogP contribution is 2.37. The van der Waals surface area contributed by atoms with Gasteiger partial charge in [0.2, 0.25) is 0 Å². The van der Waals surface area contributed by atoms with Gasteiger partial charge in [-0.1, -0.05) is 0 Å². The minimum Gasteiger partial charge on any atom is -0.362 e. The summed E-state index contributed by atoms with van der Waals surface area (Å²) in [6, 6.07) is 6.23. The molecular formula is C20H16F3N7O5. The first-order valence-corrected chi connectivity index (χ1v) is 10.1. The number of nitrogens with zero attached hydrogens (tertiary/aromatic N) is 7. The van der Waals surface area contributed by atoms with Crippen LogP contribution in [0.2, 0.25) is 0 Å². The van der Waals surface area contributed by atoms with Gasteiger partial charge in [0.1, 0.15) is 24.0 Å². The molecule has 1 aliphatic rings. The van der Waals surface area contributed by atoms with E-state index in [4.69, 9.17) is 0 Å². The molecule has 2 aromatic carbocycles. The lowest BCUT2D eigenvalue weighted by atomic mass is 10.1. The van der Waals surface area contributed by atoms with E-state index in [0.717, 1.165) is 18.2 Å². The van der Waals surface area contributed by atoms with E-state index >= 15 is 0 Å². The normalized spacial score (nSPS) is 14.1. The molecule has 0 N–H and O–H groups in total. The summed E-state index contributed by atoms with van der Waals surface area (Å²) < 4.78 is 40.1. The minimum atomic E-state index is -4.72. The van der Waals surface area contributed by atoms with Gasteiger partial charge in [0.05, 0.1) is 15.4 Å². The molecule has 3 aromatic rings. The summed E-state index contributed by atoms with van der Waals surface area (Å²) in [5.74, 6) is -0.486. The smallest absolute Gasteiger partial charge is 0.362 e. The van der Waals surface area contributed by atoms with E-state index in [-0.39, 0.29) is 48.8 Å². The number of carbonyl (C=O) groups is 1. The van der Waals surface area contributed by atoms with Crippen LogP contribution in [0.4, 0.5) is 30.2 Å². The molecule has 0 saturated carbocycles. The van der Waals surface area contributed by atoms with Gasteiger partial charge in [-0.25, -0.2) is 9.67 Å². The molecule has 2 heterocycles. The standard InChI is InChI=1S/C20H16F3N7O5/c21-20(22,23)14-2-4-15(18(10-14)30(34)35)26-5-7-27(8-6-26)19(31)13-1-3-16(17(9-13)29(32)33)28-12-24-11-25-28/h1-4,9-12H,5-8H2. The SMILES string of the molecule is O=C(c1ccc(-n2cncn2)c([N+](=O)[O-])c1)N1CCN(c2ccc(C(F)(F)F)cc2[N+](=O)[O-])CC1. The largest absolute Gasteiger partial charge is 0.416 e. The fourth-order valence-electron chi connectivity index (χ4n) is 3.78. The van der Waals surface area contributed by atoms with Crippen molar-refractivity contribution in [2.24, 2.45) is 0 Å². The van der Waals surface area contributed by atoms with Crippen molar-refractivity contribution in [3.8, 4) is 5.69 Å². The molecule has 1 saturated heterocycles. The molecule has 182 valence electrons. The third-order valence-corrected chi connectivity index (χ3v) is 5.49. The van der Waals surface area contributed by atoms with E-state index in [9.17, 15) is 38.2 Å². The van der Waals surface area contributed by atoms with E-state index < -0.39 is 33.2 Å². The van der Waals surface area contributed by atoms with Gasteiger partial charge in [-0.05, 0) is 24.3 Å². The highest BCUT2D eigenvalue weighted by Gasteiger charge is 2.34. The first-order valence-electron chi connectivity index (χ1n) is 10.1. The number of rotatable bonds is 5. The van der Waals surface area contributed by atoms with Crippen LogP contribution in [0.3, 0.4) is 0 Å². The van der Waals surface area contributed by atoms with Crippen LogP contribution in [0.25, 0.3) is 5.69 Å². The van der Waals surface area contributed by atoms with Gasteiger partial charge in [-0.2, -0.15) is 18.3 Å². The molecule has 12 nitrogen and oxygen atoms in total. The van der Waals surface area contributed by atoms with Crippen molar-refractivity contribution in [2.45, 2.75) is 6.18 Å². The molecular weight excluding hydrogens is 475 g/mol. The number of halogens is 3. The maximum atomic E-state index is 13.0. The Bertz CT molecular complexity index is 1290. The number of hydrogen-bond donors (Lipinski definition) is 0. The predicted octanol–water partition coefficient (Wildman–Crippen LogP) is 3.06. The maximum absolute atomic E-state index is 13.0. The Morgan fingerprint density at radius 2 is 1.54 bits per heavy atom. The van der Waals surface area contributed by atoms with Crippen molar-refractivity contribution < 1.29 is 27.8 Å². The van der Waals surface area contributed by atoms with E-state index in [1.54, 1.807) is 0 Å². The average molecular weight is 491 g/mol. The van der Waals surface area contributed by atoms with Crippen LogP contribution < -0.4 is 4.90 Å². The van der Waals surface area contributed by atoms with Crippen LogP contribution in [-0.2, 0) is 6.18 Å². The van der Waals surface area contributed by atoms with Crippen molar-refractivity contribution in [1.29, 1.82) is 0 Å². The Morgan fingerprint density at radius 3 is 2.11 bits per heavy atom. The van der Waals surface area contributed by atoms with Crippen molar-refractivity contribution in [1.82, 2.24) is 19.7 Å². The van der Waals surface area contributed by atoms with Crippen LogP contribution in [0.5, 0.6) is 0 Å². The molecule has 35 heavy (non-hydrogen) atoms. The number of alkyl halides is 3. The monoisotopic (exact) mass is 491 g/mol. The van der Waals surface area contributed by atoms with E-state index in [1.807, 2.05) is 0 Å². The lowest BCUT2D eigenvalue weighted by molar-refractivity contribution is -0.384. The second-order valence-corrected chi connectivity index (χ2v) is 7.54. The van der Waals surface area contributed by atoms with E-state index in [0.29, 0.717) is 6.07 Å². The zero-order valence-electron chi connectivity index (χ0n) is 17.8. The molecule has 1 aliphatic heterocycles. The number of anilines is 1. The van der Waals surface area contributed by atoms with Gasteiger partial charge in [-0.15, -0.1) is 0 Å². The van der Waals surface area contributed by atoms with Crippen LogP contribution >= 0.6 is 0 Å². The Balaban J connectivity index is 1.51. The summed E-state index contributed by atoms with van der Waals surface area (Å²) >= 11 is 0. The van der Waals surface area contributed by atoms with Crippen molar-refractivity contribution >= 4 is 23.0 Å². The van der Waals surface area contributed by atoms with Crippen molar-refractivity contribution in [3.05, 3.63) is 80.4 Å². The number of carbonyl (C=O) groups excluding carboxylic acids is 1. The lowest BCUT2D eigenvalue weighted by Gasteiger charge is -2.36. The fraction of sp³-hybridized carbons (Fsp3) is 0.250. The van der Waals surface area contributed by atoms with Gasteiger partial charge in [0.25, 0.3) is 17.3 Å². The summed E-state index contributed by atoms with van der Waals surface area (Å²) in [6.07, 6.45) is -2.23. The molecule has 15 heteroatoms. The first-order chi connectivity index (χ1) is 16.6. The predicted molar refractivity (Wildman–Crippen MR) is 114 cm³/mol. The quantitative estimate of drug-likeness (QED) is 0.392. The number of benzene rings is 2. The lowest BCUT2D eigenvalue weighted by Crippen LogP contribution is -2.49. The van der Waals surface area contributed by atoms with Crippen molar-refractivity contribution in [3.63, 3.8) is 0 Å². The highest BCUT2D eigenvalue weighted by molar-refractivity contribution is 5.95. The summed E-state index contributed by atoms with van der Waals surface area (Å²) in [4.78, 5) is 41.0. The molecule has 1 amide bonds. The summed E-state index contributed by atoms with van der Waals surface area (Å²) in [6.45, 7) is 0.458. The number of amides is 1. The third kappa shape index (κ3) is 4.73. The number of hydrogen-bond acceptors (Lipinski definition) is 8. The van der Waals surface area contributed by atoms with Crippen molar-refractivity contribution in [2.75, 3.05) is 31.1 Å². The fourth-order valence-corrected chi connectivity index (χ4v) is 3.78. The van der Waals surface area contributed by atoms with Gasteiger partial charge in [0, 0.05) is 43.9 Å². The molecule has 1 fully saturated rings. The number of aromatic nitrogens is 3. The second kappa shape index (κ2) is 9.00. The third-order valence-electron chi connectivity index (χ3n) is 5.49. The topological polar surface area (TPSA) is 141 Å². The summed E-state index contributed by atoms with van der Waals surface area (Å²) in [5, 5.41) is 26.8. The van der Waals surface area contributed by atoms with Crippen LogP contribution in [-0.4, -0.2) is 61.6 Å². The highest BCUT2D eigenvalue weighted by atomic mass is 19.4. The Morgan fingerprint density at radius 1 is 0.914 bits per heavy atom. The Hall–Kier alpha value is -4.56. The summed E-state index contributed by atoms with van der Waals surface area (Å²) in [7, 11) is 0. The van der Waals surface area contributed by atoms with E-state index in [2.05, 4.69) is 10.1 Å². The zero-order valence-corrected chi connectivity index (χ0v) is 17.8. The van der Waals surface area contributed by atoms with Crippen LogP contribution in [0.1, 0.15) is 15.9 Å². The molecule has 0 spiro atoms. The minimum absolute atomic E-state index is 0.0166. The molecule has 0 aliphatic carbocycles. The first kappa shape index (κ1) is 23.6. The maximum Gasteiger partial charge on any atom is 0.416 e. The van der Waals surface area contributed by atoms with E-state index in [1.165, 1.54) is 39.3 Å². The number of nitro benzene ring substituents is 2. The molecule has 0 bridgehead atoms. The number of nitro groups is 2. The van der Waals surface area contributed by atoms with Crippen LogP contribution in [0, 0.1) is 20.2 Å². The zero-order chi connectivity index (χ0) is 25.3. The molecule has 0 unspecified atom stereocenters. The van der Waals surface area contributed by atoms with Gasteiger partial charge < -0.3 is 9.80 Å². The van der Waals surface area contributed by atoms with Gasteiger partial charge in [-0.3, -0.25) is 25.0 Å².